The summed E-state index contributed by atoms with van der Waals surface area (Å²) in [6.45, 7) is 5.64. The summed E-state index contributed by atoms with van der Waals surface area (Å²) in [5.41, 5.74) is 0.00333. The maximum Gasteiger partial charge on any atom is 0.353 e. The minimum absolute atomic E-state index is 0.00333. The standard InChI is InChI=1S/C16H21N3O5S3/c1-8(20)11-13(22)19-12(15(23)24)10(27-14(11)19)7-26-16(25)18-5-3-17(4-6-18)9(2)21/h8,11,14,20H,3-7H2,1-2H3,(H,23,24)/t8-,11+,14-/m1/s1. The van der Waals surface area contributed by atoms with Gasteiger partial charge in [0.25, 0.3) is 0 Å². The van der Waals surface area contributed by atoms with Crippen LogP contribution in [0.15, 0.2) is 10.6 Å². The summed E-state index contributed by atoms with van der Waals surface area (Å²) in [7, 11) is 0. The molecule has 3 aliphatic heterocycles. The van der Waals surface area contributed by atoms with E-state index in [0.717, 1.165) is 0 Å². The minimum atomic E-state index is -1.14. The number of thiocarbonyl (C=S) groups is 1. The lowest BCUT2D eigenvalue weighted by atomic mass is 9.92. The van der Waals surface area contributed by atoms with Gasteiger partial charge < -0.3 is 20.0 Å². The van der Waals surface area contributed by atoms with Gasteiger partial charge in [-0.2, -0.15) is 0 Å². The monoisotopic (exact) mass is 431 g/mol. The van der Waals surface area contributed by atoms with E-state index in [4.69, 9.17) is 12.2 Å². The van der Waals surface area contributed by atoms with Crippen LogP contribution in [0, 0.1) is 5.92 Å². The van der Waals surface area contributed by atoms with Crippen LogP contribution in [0.1, 0.15) is 13.8 Å². The van der Waals surface area contributed by atoms with Crippen molar-refractivity contribution in [2.24, 2.45) is 5.92 Å². The van der Waals surface area contributed by atoms with Crippen LogP contribution in [0.4, 0.5) is 0 Å². The van der Waals surface area contributed by atoms with Gasteiger partial charge in [-0.25, -0.2) is 4.79 Å². The Labute approximate surface area is 170 Å². The summed E-state index contributed by atoms with van der Waals surface area (Å²) in [6, 6.07) is 0. The van der Waals surface area contributed by atoms with Crippen LogP contribution >= 0.6 is 35.7 Å². The lowest BCUT2D eigenvalue weighted by Crippen LogP contribution is -2.60. The lowest BCUT2D eigenvalue weighted by Gasteiger charge is -2.43. The molecule has 0 aromatic heterocycles. The summed E-state index contributed by atoms with van der Waals surface area (Å²) < 4.78 is 0.656. The van der Waals surface area contributed by atoms with E-state index in [9.17, 15) is 24.6 Å². The van der Waals surface area contributed by atoms with E-state index in [2.05, 4.69) is 0 Å². The van der Waals surface area contributed by atoms with Crippen molar-refractivity contribution in [1.82, 2.24) is 14.7 Å². The molecule has 2 saturated heterocycles. The fraction of sp³-hybridized carbons (Fsp3) is 0.625. The number of carbonyl (C=O) groups excluding carboxylic acids is 2. The number of aliphatic hydroxyl groups excluding tert-OH is 1. The number of rotatable bonds is 4. The molecule has 3 rings (SSSR count). The maximum absolute atomic E-state index is 12.2. The highest BCUT2D eigenvalue weighted by Gasteiger charge is 2.57. The Hall–Kier alpha value is -1.30. The van der Waals surface area contributed by atoms with Gasteiger partial charge in [0, 0.05) is 43.8 Å². The van der Waals surface area contributed by atoms with E-state index >= 15 is 0 Å². The molecule has 3 atom stereocenters. The van der Waals surface area contributed by atoms with Crippen molar-refractivity contribution in [3.63, 3.8) is 0 Å². The second kappa shape index (κ2) is 7.98. The molecular weight excluding hydrogens is 410 g/mol. The summed E-state index contributed by atoms with van der Waals surface area (Å²) in [5.74, 6) is -1.64. The molecule has 2 amide bonds. The first kappa shape index (κ1) is 20.4. The first-order valence-electron chi connectivity index (χ1n) is 8.53. The molecular formula is C16H21N3O5S3. The Bertz CT molecular complexity index is 718. The number of amides is 2. The molecule has 148 valence electrons. The summed E-state index contributed by atoms with van der Waals surface area (Å²) in [6.07, 6.45) is -0.813. The van der Waals surface area contributed by atoms with Crippen LogP contribution in [-0.2, 0) is 14.4 Å². The van der Waals surface area contributed by atoms with Crippen LogP contribution < -0.4 is 0 Å². The molecule has 0 unspecified atom stereocenters. The quantitative estimate of drug-likeness (QED) is 0.483. The van der Waals surface area contributed by atoms with Crippen LogP contribution in [0.5, 0.6) is 0 Å². The predicted molar refractivity (Wildman–Crippen MR) is 107 cm³/mol. The molecule has 0 spiro atoms. The number of carboxylic acid groups (broad SMARTS) is 1. The molecule has 3 heterocycles. The normalized spacial score (nSPS) is 26.0. The Balaban J connectivity index is 1.61. The fourth-order valence-corrected chi connectivity index (χ4v) is 6.34. The van der Waals surface area contributed by atoms with Gasteiger partial charge in [0.15, 0.2) is 0 Å². The number of carboxylic acids is 1. The molecule has 3 aliphatic rings. The highest BCUT2D eigenvalue weighted by atomic mass is 32.2. The van der Waals surface area contributed by atoms with Crippen molar-refractivity contribution in [2.45, 2.75) is 25.3 Å². The summed E-state index contributed by atoms with van der Waals surface area (Å²) in [5, 5.41) is 18.9. The second-order valence-corrected chi connectivity index (χ2v) is 9.43. The third kappa shape index (κ3) is 3.82. The number of aliphatic carboxylic acids is 1. The first-order chi connectivity index (χ1) is 12.7. The number of aliphatic hydroxyl groups is 1. The molecule has 2 fully saturated rings. The largest absolute Gasteiger partial charge is 0.477 e. The van der Waals surface area contributed by atoms with Gasteiger partial charge in [-0.15, -0.1) is 11.8 Å². The third-order valence-corrected chi connectivity index (χ3v) is 7.98. The zero-order chi connectivity index (χ0) is 19.9. The van der Waals surface area contributed by atoms with Crippen molar-refractivity contribution < 1.29 is 24.6 Å². The van der Waals surface area contributed by atoms with Gasteiger partial charge in [0.2, 0.25) is 11.8 Å². The van der Waals surface area contributed by atoms with Gasteiger partial charge in [0.05, 0.1) is 12.0 Å². The molecule has 0 bridgehead atoms. The maximum atomic E-state index is 12.2. The Kier molecular flexibility index (Phi) is 6.04. The number of hydrogen-bond donors (Lipinski definition) is 2. The fourth-order valence-electron chi connectivity index (χ4n) is 3.38. The van der Waals surface area contributed by atoms with Crippen LogP contribution in [0.3, 0.4) is 0 Å². The van der Waals surface area contributed by atoms with Gasteiger partial charge in [-0.1, -0.05) is 24.0 Å². The first-order valence-corrected chi connectivity index (χ1v) is 10.8. The topological polar surface area (TPSA) is 101 Å². The summed E-state index contributed by atoms with van der Waals surface area (Å²) in [4.78, 5) is 40.9. The van der Waals surface area contributed by atoms with Gasteiger partial charge in [-0.3, -0.25) is 14.5 Å². The van der Waals surface area contributed by atoms with Crippen molar-refractivity contribution >= 4 is 57.8 Å². The van der Waals surface area contributed by atoms with Crippen molar-refractivity contribution in [3.8, 4) is 0 Å². The molecule has 11 heteroatoms. The van der Waals surface area contributed by atoms with Crippen molar-refractivity contribution in [3.05, 3.63) is 10.6 Å². The number of hydrogen-bond acceptors (Lipinski definition) is 7. The van der Waals surface area contributed by atoms with Gasteiger partial charge >= 0.3 is 5.97 Å². The SMILES string of the molecule is CC(=O)N1CCN(C(=S)SCC2=C(C(=O)O)N3C(=O)[C@H]([C@@H](C)O)[C@H]3S2)CC1. The Morgan fingerprint density at radius 2 is 1.89 bits per heavy atom. The Morgan fingerprint density at radius 1 is 1.30 bits per heavy atom. The predicted octanol–water partition coefficient (Wildman–Crippen LogP) is 0.377. The van der Waals surface area contributed by atoms with E-state index in [1.165, 1.54) is 28.4 Å². The number of carbonyl (C=O) groups is 3. The number of thioether (sulfide) groups is 2. The van der Waals surface area contributed by atoms with Crippen molar-refractivity contribution in [1.29, 1.82) is 0 Å². The van der Waals surface area contributed by atoms with Crippen LogP contribution in [0.25, 0.3) is 0 Å². The van der Waals surface area contributed by atoms with Gasteiger partial charge in [-0.05, 0) is 6.92 Å². The smallest absolute Gasteiger partial charge is 0.353 e. The number of β-lactam (4-membered cyclic amide) rings is 1. The summed E-state index contributed by atoms with van der Waals surface area (Å²) >= 11 is 8.15. The molecule has 8 nitrogen and oxygen atoms in total. The Morgan fingerprint density at radius 3 is 2.41 bits per heavy atom. The molecule has 0 aliphatic carbocycles. The average Bonchev–Trinajstić information content (AvgIpc) is 2.93. The zero-order valence-electron chi connectivity index (χ0n) is 15.0. The highest BCUT2D eigenvalue weighted by molar-refractivity contribution is 8.23. The molecule has 0 aromatic carbocycles. The number of nitrogens with zero attached hydrogens (tertiary/aromatic N) is 3. The van der Waals surface area contributed by atoms with E-state index in [-0.39, 0.29) is 22.9 Å². The van der Waals surface area contributed by atoms with Crippen LogP contribution in [-0.4, -0.2) is 90.4 Å². The molecule has 2 N–H and O–H groups in total. The van der Waals surface area contributed by atoms with E-state index < -0.39 is 18.0 Å². The third-order valence-electron chi connectivity index (χ3n) is 4.88. The average molecular weight is 432 g/mol. The second-order valence-electron chi connectivity index (χ2n) is 6.61. The molecule has 0 saturated carbocycles. The zero-order valence-corrected chi connectivity index (χ0v) is 17.4. The van der Waals surface area contributed by atoms with E-state index in [1.807, 2.05) is 4.90 Å². The van der Waals surface area contributed by atoms with Crippen molar-refractivity contribution in [2.75, 3.05) is 31.9 Å². The minimum Gasteiger partial charge on any atom is -0.477 e. The molecule has 0 aromatic rings. The lowest BCUT2D eigenvalue weighted by molar-refractivity contribution is -0.156. The molecule has 0 radical (unpaired) electrons. The molecule has 27 heavy (non-hydrogen) atoms. The highest BCUT2D eigenvalue weighted by Crippen LogP contribution is 2.51. The number of fused-ring (bicyclic) bond motifs is 1. The van der Waals surface area contributed by atoms with Crippen LogP contribution in [0.2, 0.25) is 0 Å². The van der Waals surface area contributed by atoms with E-state index in [1.54, 1.807) is 18.7 Å². The number of piperazine rings is 1. The van der Waals surface area contributed by atoms with E-state index in [0.29, 0.717) is 41.2 Å². The van der Waals surface area contributed by atoms with Gasteiger partial charge in [0.1, 0.15) is 15.4 Å².